The molecule has 0 atom stereocenters. The van der Waals surface area contributed by atoms with Gasteiger partial charge in [0.05, 0.1) is 12.7 Å². The highest BCUT2D eigenvalue weighted by molar-refractivity contribution is 6.35. The van der Waals surface area contributed by atoms with Crippen LogP contribution >= 0.6 is 23.2 Å². The summed E-state index contributed by atoms with van der Waals surface area (Å²) >= 11 is 12.1. The Morgan fingerprint density at radius 2 is 1.86 bits per heavy atom. The molecule has 3 aromatic carbocycles. The van der Waals surface area contributed by atoms with E-state index in [2.05, 4.69) is 0 Å². The standard InChI is InChI=1S/C23H16Cl2O4/c1-27-20-5-3-2-4-14(20)10-22-23(26)18-9-8-17(12-21(18)29-22)28-13-15-6-7-16(24)11-19(15)25/h2-12H,13H2,1H3/b22-10-. The molecule has 1 aliphatic heterocycles. The zero-order chi connectivity index (χ0) is 20.4. The number of methoxy groups -OCH3 is 1. The summed E-state index contributed by atoms with van der Waals surface area (Å²) < 4.78 is 16.9. The van der Waals surface area contributed by atoms with Crippen LogP contribution in [0.2, 0.25) is 10.0 Å². The number of halogens is 2. The topological polar surface area (TPSA) is 44.8 Å². The number of hydrogen-bond donors (Lipinski definition) is 0. The van der Waals surface area contributed by atoms with Gasteiger partial charge < -0.3 is 14.2 Å². The number of fused-ring (bicyclic) bond motifs is 1. The molecule has 0 radical (unpaired) electrons. The molecule has 0 saturated carbocycles. The van der Waals surface area contributed by atoms with E-state index >= 15 is 0 Å². The first kappa shape index (κ1) is 19.4. The van der Waals surface area contributed by atoms with Crippen LogP contribution in [0.25, 0.3) is 6.08 Å². The quantitative estimate of drug-likeness (QED) is 0.455. The van der Waals surface area contributed by atoms with Crippen molar-refractivity contribution in [2.45, 2.75) is 6.61 Å². The van der Waals surface area contributed by atoms with Crippen molar-refractivity contribution in [1.82, 2.24) is 0 Å². The summed E-state index contributed by atoms with van der Waals surface area (Å²) in [6, 6.07) is 17.8. The maximum atomic E-state index is 12.7. The van der Waals surface area contributed by atoms with Gasteiger partial charge in [-0.2, -0.15) is 0 Å². The summed E-state index contributed by atoms with van der Waals surface area (Å²) in [5.74, 6) is 1.74. The third-order valence-electron chi connectivity index (χ3n) is 4.48. The summed E-state index contributed by atoms with van der Waals surface area (Å²) in [7, 11) is 1.58. The van der Waals surface area contributed by atoms with Crippen LogP contribution in [0.15, 0.2) is 66.4 Å². The van der Waals surface area contributed by atoms with Gasteiger partial charge in [-0.25, -0.2) is 0 Å². The molecule has 0 fully saturated rings. The van der Waals surface area contributed by atoms with Crippen LogP contribution in [0.1, 0.15) is 21.5 Å². The maximum absolute atomic E-state index is 12.7. The van der Waals surface area contributed by atoms with E-state index in [1.807, 2.05) is 30.3 Å². The second kappa shape index (κ2) is 8.19. The van der Waals surface area contributed by atoms with Gasteiger partial charge in [-0.1, -0.05) is 47.5 Å². The Bertz CT molecular complexity index is 1120. The largest absolute Gasteiger partial charge is 0.496 e. The Morgan fingerprint density at radius 1 is 1.03 bits per heavy atom. The average Bonchev–Trinajstić information content (AvgIpc) is 3.02. The molecule has 0 unspecified atom stereocenters. The van der Waals surface area contributed by atoms with Gasteiger partial charge in [-0.3, -0.25) is 4.79 Å². The first-order valence-corrected chi connectivity index (χ1v) is 9.59. The number of hydrogen-bond acceptors (Lipinski definition) is 4. The van der Waals surface area contributed by atoms with Crippen molar-refractivity contribution in [2.75, 3.05) is 7.11 Å². The lowest BCUT2D eigenvalue weighted by Crippen LogP contribution is -1.98. The van der Waals surface area contributed by atoms with Crippen LogP contribution < -0.4 is 14.2 Å². The van der Waals surface area contributed by atoms with Gasteiger partial charge in [0.2, 0.25) is 5.78 Å². The van der Waals surface area contributed by atoms with Gasteiger partial charge in [0.25, 0.3) is 0 Å². The number of para-hydroxylation sites is 1. The fraction of sp³-hybridized carbons (Fsp3) is 0.0870. The minimum absolute atomic E-state index is 0.182. The number of carbonyl (C=O) groups excluding carboxylic acids is 1. The van der Waals surface area contributed by atoms with Gasteiger partial charge in [-0.15, -0.1) is 0 Å². The highest BCUT2D eigenvalue weighted by Crippen LogP contribution is 2.36. The molecule has 4 nitrogen and oxygen atoms in total. The van der Waals surface area contributed by atoms with Crippen LogP contribution in [-0.2, 0) is 6.61 Å². The van der Waals surface area contributed by atoms with E-state index in [9.17, 15) is 4.79 Å². The smallest absolute Gasteiger partial charge is 0.231 e. The molecule has 6 heteroatoms. The summed E-state index contributed by atoms with van der Waals surface area (Å²) in [4.78, 5) is 12.7. The number of Topliss-reactive ketones (excluding diaryl/α,β-unsaturated/α-hetero) is 1. The highest BCUT2D eigenvalue weighted by atomic mass is 35.5. The van der Waals surface area contributed by atoms with Crippen molar-refractivity contribution in [3.63, 3.8) is 0 Å². The Kier molecular flexibility index (Phi) is 5.47. The van der Waals surface area contributed by atoms with Crippen molar-refractivity contribution in [2.24, 2.45) is 0 Å². The van der Waals surface area contributed by atoms with E-state index in [1.165, 1.54) is 0 Å². The Hall–Kier alpha value is -2.95. The Balaban J connectivity index is 1.53. The Labute approximate surface area is 178 Å². The van der Waals surface area contributed by atoms with E-state index in [0.717, 1.165) is 11.1 Å². The highest BCUT2D eigenvalue weighted by Gasteiger charge is 2.28. The lowest BCUT2D eigenvalue weighted by Gasteiger charge is -2.09. The molecule has 29 heavy (non-hydrogen) atoms. The van der Waals surface area contributed by atoms with E-state index in [0.29, 0.717) is 32.9 Å². The summed E-state index contributed by atoms with van der Waals surface area (Å²) in [6.45, 7) is 0.270. The van der Waals surface area contributed by atoms with Crippen molar-refractivity contribution in [1.29, 1.82) is 0 Å². The van der Waals surface area contributed by atoms with Crippen molar-refractivity contribution >= 4 is 35.1 Å². The second-order valence-corrected chi connectivity index (χ2v) is 7.21. The molecule has 0 spiro atoms. The van der Waals surface area contributed by atoms with E-state index in [4.69, 9.17) is 37.4 Å². The van der Waals surface area contributed by atoms with Crippen LogP contribution in [0.3, 0.4) is 0 Å². The Morgan fingerprint density at radius 3 is 2.66 bits per heavy atom. The summed E-state index contributed by atoms with van der Waals surface area (Å²) in [5, 5.41) is 1.10. The van der Waals surface area contributed by atoms with Crippen LogP contribution in [0, 0.1) is 0 Å². The van der Waals surface area contributed by atoms with E-state index < -0.39 is 0 Å². The predicted octanol–water partition coefficient (Wildman–Crippen LogP) is 6.20. The zero-order valence-corrected chi connectivity index (χ0v) is 17.0. The molecule has 4 rings (SSSR count). The third-order valence-corrected chi connectivity index (χ3v) is 5.06. The van der Waals surface area contributed by atoms with E-state index in [1.54, 1.807) is 43.5 Å². The lowest BCUT2D eigenvalue weighted by atomic mass is 10.1. The predicted molar refractivity (Wildman–Crippen MR) is 113 cm³/mol. The molecule has 0 saturated heterocycles. The molecule has 0 aliphatic carbocycles. The fourth-order valence-corrected chi connectivity index (χ4v) is 3.45. The first-order chi connectivity index (χ1) is 14.0. The lowest BCUT2D eigenvalue weighted by molar-refractivity contribution is 0.101. The molecular weight excluding hydrogens is 411 g/mol. The number of ketones is 1. The van der Waals surface area contributed by atoms with Gasteiger partial charge >= 0.3 is 0 Å². The van der Waals surface area contributed by atoms with Gasteiger partial charge in [0.1, 0.15) is 23.9 Å². The number of benzene rings is 3. The van der Waals surface area contributed by atoms with Crippen molar-refractivity contribution < 1.29 is 19.0 Å². The molecule has 0 aromatic heterocycles. The molecule has 0 N–H and O–H groups in total. The third kappa shape index (κ3) is 4.09. The molecule has 3 aromatic rings. The summed E-state index contributed by atoms with van der Waals surface area (Å²) in [6.07, 6.45) is 1.68. The van der Waals surface area contributed by atoms with Crippen molar-refractivity contribution in [3.05, 3.63) is 93.2 Å². The fourth-order valence-electron chi connectivity index (χ4n) is 2.98. The average molecular weight is 427 g/mol. The minimum Gasteiger partial charge on any atom is -0.496 e. The van der Waals surface area contributed by atoms with Crippen LogP contribution in [-0.4, -0.2) is 12.9 Å². The van der Waals surface area contributed by atoms with E-state index in [-0.39, 0.29) is 18.1 Å². The normalized spacial score (nSPS) is 13.9. The van der Waals surface area contributed by atoms with Gasteiger partial charge in [0, 0.05) is 27.2 Å². The van der Waals surface area contributed by atoms with Crippen LogP contribution in [0.4, 0.5) is 0 Å². The molecule has 146 valence electrons. The number of carbonyl (C=O) groups is 1. The molecule has 1 heterocycles. The molecule has 0 bridgehead atoms. The number of ether oxygens (including phenoxy) is 3. The van der Waals surface area contributed by atoms with Gasteiger partial charge in [-0.05, 0) is 36.4 Å². The summed E-state index contributed by atoms with van der Waals surface area (Å²) in [5.41, 5.74) is 2.06. The monoisotopic (exact) mass is 426 g/mol. The van der Waals surface area contributed by atoms with Gasteiger partial charge in [0.15, 0.2) is 5.76 Å². The number of rotatable bonds is 5. The zero-order valence-electron chi connectivity index (χ0n) is 15.4. The molecule has 1 aliphatic rings. The van der Waals surface area contributed by atoms with Crippen molar-refractivity contribution in [3.8, 4) is 17.2 Å². The first-order valence-electron chi connectivity index (χ1n) is 8.83. The SMILES string of the molecule is COc1ccccc1/C=C1\Oc2cc(OCc3ccc(Cl)cc3Cl)ccc2C1=O. The minimum atomic E-state index is -0.182. The second-order valence-electron chi connectivity index (χ2n) is 6.36. The van der Waals surface area contributed by atoms with Crippen LogP contribution in [0.5, 0.6) is 17.2 Å². The number of allylic oxidation sites excluding steroid dienone is 1. The molecular formula is C23H16Cl2O4. The molecule has 0 amide bonds. The maximum Gasteiger partial charge on any atom is 0.231 e.